The number of carbonyl (C=O) groups is 1. The van der Waals surface area contributed by atoms with Crippen molar-refractivity contribution < 1.29 is 14.4 Å². The standard InChI is InChI=1S/C25H46N.C3H6O2/c1-4-5-6-7-8-9-10-11-12-13-14-15-16-20-23-26(2,3)24-25-21-18-17-19-22-25;1-2-3(4)5/h17-19,21-22H,4-16,20,23-24H2,1-3H3;2H2,1H3,(H,4,5)/q+1;/p-1. The summed E-state index contributed by atoms with van der Waals surface area (Å²) < 4.78 is 1.11. The summed E-state index contributed by atoms with van der Waals surface area (Å²) in [7, 11) is 4.74. The smallest absolute Gasteiger partial charge is 0.104 e. The fourth-order valence-corrected chi connectivity index (χ4v) is 3.89. The van der Waals surface area contributed by atoms with Crippen LogP contribution in [0.1, 0.15) is 116 Å². The molecule has 1 aromatic rings. The van der Waals surface area contributed by atoms with Crippen molar-refractivity contribution in [2.45, 2.75) is 117 Å². The number of benzene rings is 1. The number of unbranched alkanes of at least 4 members (excludes halogenated alkanes) is 13. The Morgan fingerprint density at radius 3 is 1.48 bits per heavy atom. The van der Waals surface area contributed by atoms with Crippen molar-refractivity contribution in [2.75, 3.05) is 20.6 Å². The van der Waals surface area contributed by atoms with E-state index in [1.807, 2.05) is 0 Å². The largest absolute Gasteiger partial charge is 0.550 e. The van der Waals surface area contributed by atoms with Gasteiger partial charge in [-0.15, -0.1) is 0 Å². The molecule has 0 amide bonds. The Morgan fingerprint density at radius 1 is 0.710 bits per heavy atom. The first-order chi connectivity index (χ1) is 14.9. The number of carboxylic acids is 1. The Hall–Kier alpha value is -1.35. The maximum atomic E-state index is 9.26. The number of hydrogen-bond acceptors (Lipinski definition) is 2. The first-order valence-electron chi connectivity index (χ1n) is 13.0. The van der Waals surface area contributed by atoms with Crippen LogP contribution in [-0.2, 0) is 11.3 Å². The van der Waals surface area contributed by atoms with E-state index in [0.717, 1.165) is 11.0 Å². The molecule has 0 fully saturated rings. The first-order valence-corrected chi connectivity index (χ1v) is 13.0. The SMILES string of the molecule is CCC(=O)[O-].CCCCCCCCCCCCCCCC[N+](C)(C)Cc1ccccc1. The lowest BCUT2D eigenvalue weighted by atomic mass is 10.0. The maximum absolute atomic E-state index is 9.26. The molecule has 180 valence electrons. The quantitative estimate of drug-likeness (QED) is 0.187. The molecule has 0 atom stereocenters. The van der Waals surface area contributed by atoms with Gasteiger partial charge in [0.1, 0.15) is 6.54 Å². The molecule has 1 rings (SSSR count). The third-order valence-electron chi connectivity index (χ3n) is 5.86. The second-order valence-corrected chi connectivity index (χ2v) is 9.62. The third kappa shape index (κ3) is 21.7. The molecule has 0 aliphatic heterocycles. The second-order valence-electron chi connectivity index (χ2n) is 9.62. The highest BCUT2D eigenvalue weighted by atomic mass is 16.4. The Bertz CT molecular complexity index is 513. The lowest BCUT2D eigenvalue weighted by Crippen LogP contribution is -2.39. The number of carbonyl (C=O) groups excluding carboxylic acids is 1. The monoisotopic (exact) mass is 433 g/mol. The van der Waals surface area contributed by atoms with E-state index in [-0.39, 0.29) is 6.42 Å². The van der Waals surface area contributed by atoms with Gasteiger partial charge >= 0.3 is 0 Å². The van der Waals surface area contributed by atoms with Crippen LogP contribution in [0.25, 0.3) is 0 Å². The van der Waals surface area contributed by atoms with Crippen LogP contribution < -0.4 is 5.11 Å². The van der Waals surface area contributed by atoms with Crippen molar-refractivity contribution in [1.29, 1.82) is 0 Å². The summed E-state index contributed by atoms with van der Waals surface area (Å²) in [6.07, 6.45) is 20.3. The maximum Gasteiger partial charge on any atom is 0.104 e. The van der Waals surface area contributed by atoms with E-state index >= 15 is 0 Å². The summed E-state index contributed by atoms with van der Waals surface area (Å²) in [5, 5.41) is 9.26. The number of carboxylic acid groups (broad SMARTS) is 1. The molecule has 3 heteroatoms. The predicted octanol–water partition coefficient (Wildman–Crippen LogP) is 6.89. The van der Waals surface area contributed by atoms with Gasteiger partial charge in [0.15, 0.2) is 0 Å². The number of rotatable bonds is 18. The van der Waals surface area contributed by atoms with Gasteiger partial charge in [0.05, 0.1) is 20.6 Å². The number of hydrogen-bond donors (Lipinski definition) is 0. The van der Waals surface area contributed by atoms with Crippen molar-refractivity contribution in [2.24, 2.45) is 0 Å². The zero-order valence-corrected chi connectivity index (χ0v) is 21.2. The highest BCUT2D eigenvalue weighted by Crippen LogP contribution is 2.15. The molecule has 0 radical (unpaired) electrons. The molecule has 0 aromatic heterocycles. The molecule has 0 saturated heterocycles. The molecule has 0 bridgehead atoms. The summed E-state index contributed by atoms with van der Waals surface area (Å²) in [5.41, 5.74) is 1.46. The molecular weight excluding hydrogens is 382 g/mol. The van der Waals surface area contributed by atoms with Gasteiger partial charge in [-0.1, -0.05) is 121 Å². The van der Waals surface area contributed by atoms with E-state index in [9.17, 15) is 9.90 Å². The minimum Gasteiger partial charge on any atom is -0.550 e. The molecule has 3 nitrogen and oxygen atoms in total. The summed E-state index contributed by atoms with van der Waals surface area (Å²) in [5.74, 6) is -0.995. The third-order valence-corrected chi connectivity index (χ3v) is 5.86. The molecule has 0 spiro atoms. The zero-order chi connectivity index (χ0) is 23.2. The van der Waals surface area contributed by atoms with Crippen LogP contribution in [0.4, 0.5) is 0 Å². The van der Waals surface area contributed by atoms with Gasteiger partial charge in [0.25, 0.3) is 0 Å². The van der Waals surface area contributed by atoms with Crippen LogP contribution in [0.3, 0.4) is 0 Å². The van der Waals surface area contributed by atoms with Crippen LogP contribution >= 0.6 is 0 Å². The topological polar surface area (TPSA) is 40.1 Å². The number of quaternary nitrogens is 1. The van der Waals surface area contributed by atoms with Gasteiger partial charge in [-0.05, 0) is 19.3 Å². The second kappa shape index (κ2) is 20.5. The van der Waals surface area contributed by atoms with E-state index in [1.54, 1.807) is 0 Å². The molecular formula is C28H51NO2. The Balaban J connectivity index is 0.00000161. The average Bonchev–Trinajstić information content (AvgIpc) is 2.74. The van der Waals surface area contributed by atoms with Crippen LogP contribution in [0.2, 0.25) is 0 Å². The highest BCUT2D eigenvalue weighted by Gasteiger charge is 2.14. The zero-order valence-electron chi connectivity index (χ0n) is 21.2. The van der Waals surface area contributed by atoms with Gasteiger partial charge < -0.3 is 14.4 Å². The van der Waals surface area contributed by atoms with E-state index in [0.29, 0.717) is 0 Å². The summed E-state index contributed by atoms with van der Waals surface area (Å²) in [4.78, 5) is 9.26. The summed E-state index contributed by atoms with van der Waals surface area (Å²) in [6.45, 7) is 6.28. The minimum absolute atomic E-state index is 0.111. The van der Waals surface area contributed by atoms with Gasteiger partial charge in [-0.2, -0.15) is 0 Å². The molecule has 1 aromatic carbocycles. The fourth-order valence-electron chi connectivity index (χ4n) is 3.89. The molecule has 0 N–H and O–H groups in total. The molecule has 0 unspecified atom stereocenters. The first kappa shape index (κ1) is 29.7. The van der Waals surface area contributed by atoms with E-state index in [2.05, 4.69) is 51.4 Å². The minimum atomic E-state index is -0.995. The van der Waals surface area contributed by atoms with Gasteiger partial charge in [-0.25, -0.2) is 0 Å². The van der Waals surface area contributed by atoms with E-state index in [1.165, 1.54) is 109 Å². The van der Waals surface area contributed by atoms with Crippen LogP contribution in [0.5, 0.6) is 0 Å². The number of nitrogens with zero attached hydrogens (tertiary/aromatic N) is 1. The van der Waals surface area contributed by atoms with Crippen molar-refractivity contribution in [3.63, 3.8) is 0 Å². The molecule has 0 aliphatic rings. The Kier molecular flexibility index (Phi) is 19.7. The van der Waals surface area contributed by atoms with Gasteiger partial charge in [0, 0.05) is 11.5 Å². The molecule has 0 heterocycles. The summed E-state index contributed by atoms with van der Waals surface area (Å²) in [6, 6.07) is 10.9. The Morgan fingerprint density at radius 2 is 1.10 bits per heavy atom. The highest BCUT2D eigenvalue weighted by molar-refractivity contribution is 5.63. The fraction of sp³-hybridized carbons (Fsp3) is 0.750. The van der Waals surface area contributed by atoms with Crippen molar-refractivity contribution in [3.8, 4) is 0 Å². The lowest BCUT2D eigenvalue weighted by molar-refractivity contribution is -0.903. The van der Waals surface area contributed by atoms with Crippen LogP contribution in [0, 0.1) is 0 Å². The van der Waals surface area contributed by atoms with Crippen LogP contribution in [0.15, 0.2) is 30.3 Å². The van der Waals surface area contributed by atoms with Crippen molar-refractivity contribution in [1.82, 2.24) is 0 Å². The van der Waals surface area contributed by atoms with Crippen molar-refractivity contribution >= 4 is 5.97 Å². The predicted molar refractivity (Wildman–Crippen MR) is 133 cm³/mol. The molecule has 31 heavy (non-hydrogen) atoms. The Labute approximate surface area is 193 Å². The molecule has 0 aliphatic carbocycles. The molecule has 0 saturated carbocycles. The van der Waals surface area contributed by atoms with Gasteiger partial charge in [-0.3, -0.25) is 0 Å². The van der Waals surface area contributed by atoms with Crippen LogP contribution in [-0.4, -0.2) is 31.1 Å². The summed E-state index contributed by atoms with van der Waals surface area (Å²) >= 11 is 0. The van der Waals surface area contributed by atoms with Gasteiger partial charge in [0.2, 0.25) is 0 Å². The van der Waals surface area contributed by atoms with E-state index < -0.39 is 5.97 Å². The average molecular weight is 434 g/mol. The lowest BCUT2D eigenvalue weighted by Gasteiger charge is -2.30. The van der Waals surface area contributed by atoms with Crippen molar-refractivity contribution in [3.05, 3.63) is 35.9 Å². The normalized spacial score (nSPS) is 11.1. The van der Waals surface area contributed by atoms with E-state index in [4.69, 9.17) is 0 Å². The number of aliphatic carboxylic acids is 1.